The van der Waals surface area contributed by atoms with Crippen molar-refractivity contribution in [2.75, 3.05) is 6.61 Å². The predicted molar refractivity (Wildman–Crippen MR) is 57.3 cm³/mol. The lowest BCUT2D eigenvalue weighted by Gasteiger charge is -2.25. The molecule has 7 heteroatoms. The molecule has 0 aliphatic carbocycles. The molecule has 0 unspecified atom stereocenters. The van der Waals surface area contributed by atoms with Crippen molar-refractivity contribution in [2.45, 2.75) is 57.3 Å². The van der Waals surface area contributed by atoms with Gasteiger partial charge >= 0.3 is 5.97 Å². The highest BCUT2D eigenvalue weighted by Gasteiger charge is 2.58. The van der Waals surface area contributed by atoms with Gasteiger partial charge in [0.15, 0.2) is 11.9 Å². The Morgan fingerprint density at radius 2 is 2.00 bits per heavy atom. The Labute approximate surface area is 105 Å². The molecule has 2 aliphatic rings. The molecule has 0 aromatic carbocycles. The van der Waals surface area contributed by atoms with Gasteiger partial charge in [-0.15, -0.1) is 0 Å². The number of carbonyl (C=O) groups is 1. The second-order valence-electron chi connectivity index (χ2n) is 4.89. The van der Waals surface area contributed by atoms with E-state index in [2.05, 4.69) is 0 Å². The van der Waals surface area contributed by atoms with Gasteiger partial charge in [0.25, 0.3) is 0 Å². The SMILES string of the molecule is CC(=O)O[C@H]1O[C@H]([C@H](O)CO)[C@@H]2OC(C)(C)O[C@H]12. The van der Waals surface area contributed by atoms with Crippen LogP contribution in [-0.4, -0.2) is 59.3 Å². The molecule has 2 aliphatic heterocycles. The summed E-state index contributed by atoms with van der Waals surface area (Å²) >= 11 is 0. The zero-order valence-corrected chi connectivity index (χ0v) is 10.5. The fraction of sp³-hybridized carbons (Fsp3) is 0.909. The van der Waals surface area contributed by atoms with Crippen LogP contribution in [0.15, 0.2) is 0 Å². The van der Waals surface area contributed by atoms with E-state index >= 15 is 0 Å². The van der Waals surface area contributed by atoms with Gasteiger partial charge in [-0.2, -0.15) is 0 Å². The number of aliphatic hydroxyl groups excluding tert-OH is 2. The second-order valence-corrected chi connectivity index (χ2v) is 4.89. The Morgan fingerprint density at radius 1 is 1.39 bits per heavy atom. The lowest BCUT2D eigenvalue weighted by molar-refractivity contribution is -0.240. The summed E-state index contributed by atoms with van der Waals surface area (Å²) in [7, 11) is 0. The van der Waals surface area contributed by atoms with E-state index in [1.807, 2.05) is 0 Å². The van der Waals surface area contributed by atoms with Crippen LogP contribution in [-0.2, 0) is 23.7 Å². The highest BCUT2D eigenvalue weighted by Crippen LogP contribution is 2.40. The van der Waals surface area contributed by atoms with Crippen LogP contribution in [0.25, 0.3) is 0 Å². The van der Waals surface area contributed by atoms with Gasteiger partial charge in [-0.25, -0.2) is 0 Å². The molecule has 18 heavy (non-hydrogen) atoms. The maximum Gasteiger partial charge on any atom is 0.305 e. The number of ether oxygens (including phenoxy) is 4. The van der Waals surface area contributed by atoms with Crippen molar-refractivity contribution in [2.24, 2.45) is 0 Å². The molecule has 5 atom stereocenters. The zero-order valence-electron chi connectivity index (χ0n) is 10.5. The summed E-state index contributed by atoms with van der Waals surface area (Å²) in [5.41, 5.74) is 0. The van der Waals surface area contributed by atoms with E-state index in [9.17, 15) is 9.90 Å². The molecule has 0 amide bonds. The second kappa shape index (κ2) is 4.75. The molecule has 2 rings (SSSR count). The predicted octanol–water partition coefficient (Wildman–Crippen LogP) is -0.852. The third kappa shape index (κ3) is 2.50. The fourth-order valence-electron chi connectivity index (χ4n) is 2.26. The Bertz CT molecular complexity index is 329. The number of hydrogen-bond donors (Lipinski definition) is 2. The van der Waals surface area contributed by atoms with Gasteiger partial charge in [0.05, 0.1) is 6.61 Å². The van der Waals surface area contributed by atoms with E-state index in [0.717, 1.165) is 0 Å². The van der Waals surface area contributed by atoms with Crippen LogP contribution in [0, 0.1) is 0 Å². The fourth-order valence-corrected chi connectivity index (χ4v) is 2.26. The van der Waals surface area contributed by atoms with Crippen molar-refractivity contribution in [3.63, 3.8) is 0 Å². The molecule has 2 N–H and O–H groups in total. The minimum Gasteiger partial charge on any atom is -0.433 e. The third-order valence-electron chi connectivity index (χ3n) is 2.90. The Kier molecular flexibility index (Phi) is 3.61. The molecule has 2 heterocycles. The standard InChI is InChI=1S/C11H18O7/c1-5(13)15-10-9-8(17-11(2,3)18-9)7(16-10)6(14)4-12/h6-10,12,14H,4H2,1-3H3/t6-,7-,8+,9+,10+/m1/s1. The Balaban J connectivity index is 2.15. The van der Waals surface area contributed by atoms with Crippen LogP contribution >= 0.6 is 0 Å². The van der Waals surface area contributed by atoms with Crippen molar-refractivity contribution in [3.05, 3.63) is 0 Å². The highest BCUT2D eigenvalue weighted by molar-refractivity contribution is 5.66. The molecule has 0 bridgehead atoms. The van der Waals surface area contributed by atoms with Gasteiger partial charge in [-0.3, -0.25) is 4.79 Å². The van der Waals surface area contributed by atoms with E-state index < -0.39 is 49.1 Å². The average molecular weight is 262 g/mol. The largest absolute Gasteiger partial charge is 0.433 e. The first kappa shape index (κ1) is 13.7. The quantitative estimate of drug-likeness (QED) is 0.639. The first-order valence-corrected chi connectivity index (χ1v) is 5.81. The molecular formula is C11H18O7. The van der Waals surface area contributed by atoms with Gasteiger partial charge in [-0.1, -0.05) is 0 Å². The smallest absolute Gasteiger partial charge is 0.305 e. The topological polar surface area (TPSA) is 94.5 Å². The summed E-state index contributed by atoms with van der Waals surface area (Å²) in [6.45, 7) is 4.23. The number of hydrogen-bond acceptors (Lipinski definition) is 7. The minimum atomic E-state index is -1.12. The molecule has 0 radical (unpaired) electrons. The number of esters is 1. The summed E-state index contributed by atoms with van der Waals surface area (Å²) in [6, 6.07) is 0. The van der Waals surface area contributed by atoms with Gasteiger partial charge < -0.3 is 29.2 Å². The molecule has 104 valence electrons. The van der Waals surface area contributed by atoms with E-state index in [1.54, 1.807) is 13.8 Å². The molecule has 0 spiro atoms. The third-order valence-corrected chi connectivity index (χ3v) is 2.90. The molecule has 0 saturated carbocycles. The number of rotatable bonds is 3. The summed E-state index contributed by atoms with van der Waals surface area (Å²) < 4.78 is 21.6. The number of aliphatic hydroxyl groups is 2. The van der Waals surface area contributed by atoms with Crippen LogP contribution in [0.4, 0.5) is 0 Å². The minimum absolute atomic E-state index is 0.468. The van der Waals surface area contributed by atoms with Crippen LogP contribution in [0.3, 0.4) is 0 Å². The lowest BCUT2D eigenvalue weighted by Crippen LogP contribution is -2.40. The maximum absolute atomic E-state index is 11.0. The van der Waals surface area contributed by atoms with E-state index in [0.29, 0.717) is 0 Å². The number of fused-ring (bicyclic) bond motifs is 1. The Hall–Kier alpha value is -0.730. The van der Waals surface area contributed by atoms with Crippen molar-refractivity contribution >= 4 is 5.97 Å². The lowest BCUT2D eigenvalue weighted by atomic mass is 10.1. The molecule has 2 saturated heterocycles. The van der Waals surface area contributed by atoms with Gasteiger partial charge in [0.2, 0.25) is 6.29 Å². The number of carbonyl (C=O) groups excluding carboxylic acids is 1. The molecule has 7 nitrogen and oxygen atoms in total. The summed E-state index contributed by atoms with van der Waals surface area (Å²) in [6.07, 6.45) is -4.01. The van der Waals surface area contributed by atoms with Gasteiger partial charge in [0, 0.05) is 6.92 Å². The summed E-state index contributed by atoms with van der Waals surface area (Å²) in [5, 5.41) is 18.7. The van der Waals surface area contributed by atoms with Crippen molar-refractivity contribution in [3.8, 4) is 0 Å². The van der Waals surface area contributed by atoms with E-state index in [4.69, 9.17) is 24.1 Å². The van der Waals surface area contributed by atoms with Gasteiger partial charge in [0.1, 0.15) is 18.3 Å². The van der Waals surface area contributed by atoms with E-state index in [1.165, 1.54) is 6.92 Å². The van der Waals surface area contributed by atoms with Crippen LogP contribution in [0.1, 0.15) is 20.8 Å². The van der Waals surface area contributed by atoms with Crippen LogP contribution in [0.5, 0.6) is 0 Å². The highest BCUT2D eigenvalue weighted by atomic mass is 16.8. The molecule has 2 fully saturated rings. The van der Waals surface area contributed by atoms with Crippen molar-refractivity contribution < 1.29 is 34.0 Å². The summed E-state index contributed by atoms with van der Waals surface area (Å²) in [5.74, 6) is -1.35. The Morgan fingerprint density at radius 3 is 2.56 bits per heavy atom. The van der Waals surface area contributed by atoms with E-state index in [-0.39, 0.29) is 0 Å². The molecule has 0 aromatic heterocycles. The maximum atomic E-state index is 11.0. The van der Waals surface area contributed by atoms with Gasteiger partial charge in [-0.05, 0) is 13.8 Å². The zero-order chi connectivity index (χ0) is 13.5. The van der Waals surface area contributed by atoms with Crippen molar-refractivity contribution in [1.29, 1.82) is 0 Å². The first-order valence-electron chi connectivity index (χ1n) is 5.81. The molecular weight excluding hydrogens is 244 g/mol. The van der Waals surface area contributed by atoms with Crippen molar-refractivity contribution in [1.82, 2.24) is 0 Å². The summed E-state index contributed by atoms with van der Waals surface area (Å²) in [4.78, 5) is 11.0. The van der Waals surface area contributed by atoms with Crippen LogP contribution in [0.2, 0.25) is 0 Å². The van der Waals surface area contributed by atoms with Crippen LogP contribution < -0.4 is 0 Å². The molecule has 0 aromatic rings. The monoisotopic (exact) mass is 262 g/mol. The average Bonchev–Trinajstić information content (AvgIpc) is 2.72. The first-order chi connectivity index (χ1) is 8.34. The normalized spacial score (nSPS) is 39.4.